The number of carbonyl (C=O) groups excluding carboxylic acids is 1. The van der Waals surface area contributed by atoms with E-state index in [1.54, 1.807) is 11.9 Å². The molecule has 2 fully saturated rings. The maximum Gasteiger partial charge on any atom is 0.321 e. The quantitative estimate of drug-likeness (QED) is 0.585. The van der Waals surface area contributed by atoms with Crippen LogP contribution in [0.1, 0.15) is 25.7 Å². The number of likely N-dealkylation sites (N-methyl/N-ethyl adjacent to an activating group) is 1. The molecule has 2 aliphatic rings. The van der Waals surface area contributed by atoms with Crippen LogP contribution in [0.2, 0.25) is 0 Å². The Labute approximate surface area is 131 Å². The second-order valence-electron chi connectivity index (χ2n) is 5.79. The van der Waals surface area contributed by atoms with Gasteiger partial charge in [-0.1, -0.05) is 0 Å². The van der Waals surface area contributed by atoms with Crippen LogP contribution in [0.5, 0.6) is 0 Å². The number of nitrogens with zero attached hydrogens (tertiary/aromatic N) is 3. The van der Waals surface area contributed by atoms with Crippen molar-refractivity contribution in [1.29, 1.82) is 0 Å². The van der Waals surface area contributed by atoms with E-state index < -0.39 is 28.8 Å². The normalized spacial score (nSPS) is 29.3. The molecule has 1 spiro atoms. The molecule has 10 heteroatoms. The zero-order chi connectivity index (χ0) is 16.5. The number of carboxylic acids is 1. The van der Waals surface area contributed by atoms with Crippen molar-refractivity contribution in [2.45, 2.75) is 37.3 Å². The summed E-state index contributed by atoms with van der Waals surface area (Å²) in [5.41, 5.74) is 4.58. The minimum absolute atomic E-state index is 0.119. The van der Waals surface area contributed by atoms with E-state index >= 15 is 0 Å². The first-order valence-electron chi connectivity index (χ1n) is 7.18. The highest BCUT2D eigenvalue weighted by atomic mass is 32.2. The van der Waals surface area contributed by atoms with Gasteiger partial charge in [0.15, 0.2) is 0 Å². The van der Waals surface area contributed by atoms with Crippen LogP contribution in [0.3, 0.4) is 0 Å². The summed E-state index contributed by atoms with van der Waals surface area (Å²) in [4.78, 5) is 25.1. The molecule has 0 aromatic heterocycles. The molecule has 2 rings (SSSR count). The summed E-state index contributed by atoms with van der Waals surface area (Å²) >= 11 is -2.69. The molecule has 22 heavy (non-hydrogen) atoms. The Bertz CT molecular complexity index is 486. The van der Waals surface area contributed by atoms with E-state index in [-0.39, 0.29) is 12.5 Å². The minimum Gasteiger partial charge on any atom is -0.759 e. The lowest BCUT2D eigenvalue weighted by Crippen LogP contribution is -2.64. The Morgan fingerprint density at radius 2 is 2.18 bits per heavy atom. The molecule has 0 bridgehead atoms. The van der Waals surface area contributed by atoms with Gasteiger partial charge < -0.3 is 20.3 Å². The number of piperidine rings is 1. The third kappa shape index (κ3) is 3.01. The molecule has 9 nitrogen and oxygen atoms in total. The molecule has 2 heterocycles. The highest BCUT2D eigenvalue weighted by molar-refractivity contribution is 7.76. The Kier molecular flexibility index (Phi) is 5.17. The number of carboxylic acid groups (broad SMARTS) is 1. The van der Waals surface area contributed by atoms with Crippen LogP contribution in [0.25, 0.3) is 0 Å². The Hall–Kier alpha value is -1.07. The van der Waals surface area contributed by atoms with Crippen molar-refractivity contribution < 1.29 is 23.5 Å². The molecule has 0 aliphatic carbocycles. The molecule has 2 unspecified atom stereocenters. The molecule has 0 aromatic carbocycles. The van der Waals surface area contributed by atoms with Gasteiger partial charge in [-0.05, 0) is 25.7 Å². The van der Waals surface area contributed by atoms with Crippen molar-refractivity contribution in [2.24, 2.45) is 5.73 Å². The van der Waals surface area contributed by atoms with Gasteiger partial charge in [0.05, 0.1) is 6.54 Å². The summed E-state index contributed by atoms with van der Waals surface area (Å²) in [6.07, 6.45) is 2.67. The first-order chi connectivity index (χ1) is 10.3. The van der Waals surface area contributed by atoms with Crippen LogP contribution < -0.4 is 5.73 Å². The monoisotopic (exact) mass is 333 g/mol. The van der Waals surface area contributed by atoms with Crippen molar-refractivity contribution in [3.63, 3.8) is 0 Å². The first kappa shape index (κ1) is 17.3. The van der Waals surface area contributed by atoms with Crippen molar-refractivity contribution >= 4 is 23.1 Å². The maximum absolute atomic E-state index is 12.5. The standard InChI is InChI=1S/C12H22N4O5S/c1-14-7-5-12(11(14)19)4-2-3-6-15(12)16(22(20)21)8-9(13)10(17)18/h9H,2-8,13H2,1H3,(H,17,18)(H,20,21)/p-1/t9-,12?/m0/s1. The molecule has 2 saturated heterocycles. The third-order valence-electron chi connectivity index (χ3n) is 4.42. The molecule has 3 atom stereocenters. The summed E-state index contributed by atoms with van der Waals surface area (Å²) in [5.74, 6) is -1.40. The minimum atomic E-state index is -2.69. The Morgan fingerprint density at radius 1 is 1.50 bits per heavy atom. The van der Waals surface area contributed by atoms with Crippen molar-refractivity contribution in [3.05, 3.63) is 0 Å². The molecule has 0 saturated carbocycles. The zero-order valence-electron chi connectivity index (χ0n) is 12.4. The molecular formula is C12H21N4O5S-. The lowest BCUT2D eigenvalue weighted by atomic mass is 9.86. The summed E-state index contributed by atoms with van der Waals surface area (Å²) in [5, 5.41) is 10.4. The van der Waals surface area contributed by atoms with E-state index in [9.17, 15) is 18.4 Å². The van der Waals surface area contributed by atoms with E-state index in [1.165, 1.54) is 5.01 Å². The number of nitrogens with two attached hydrogens (primary N) is 1. The van der Waals surface area contributed by atoms with Gasteiger partial charge in [0.1, 0.15) is 11.6 Å². The first-order valence-corrected chi connectivity index (χ1v) is 8.21. The van der Waals surface area contributed by atoms with Crippen LogP contribution in [-0.4, -0.2) is 78.3 Å². The van der Waals surface area contributed by atoms with Crippen LogP contribution in [-0.2, 0) is 20.9 Å². The van der Waals surface area contributed by atoms with Gasteiger partial charge >= 0.3 is 5.97 Å². The van der Waals surface area contributed by atoms with Gasteiger partial charge in [0, 0.05) is 31.4 Å². The average molecular weight is 333 g/mol. The average Bonchev–Trinajstić information content (AvgIpc) is 2.74. The fraction of sp³-hybridized carbons (Fsp3) is 0.833. The number of carbonyl (C=O) groups is 2. The van der Waals surface area contributed by atoms with Gasteiger partial charge in [0.2, 0.25) is 5.91 Å². The molecule has 3 N–H and O–H groups in total. The SMILES string of the molecule is CN1CCC2(CCCCN2N(C[C@H](N)C(=O)O)S(=O)[O-])C1=O. The molecule has 2 aliphatic heterocycles. The van der Waals surface area contributed by atoms with Crippen molar-refractivity contribution in [2.75, 3.05) is 26.7 Å². The lowest BCUT2D eigenvalue weighted by Gasteiger charge is -2.49. The molecule has 1 amide bonds. The molecule has 126 valence electrons. The van der Waals surface area contributed by atoms with Gasteiger partial charge in [-0.25, -0.2) is 5.01 Å². The zero-order valence-corrected chi connectivity index (χ0v) is 13.3. The topological polar surface area (TPSA) is 130 Å². The van der Waals surface area contributed by atoms with Gasteiger partial charge in [-0.3, -0.25) is 13.8 Å². The number of hydrogen-bond donors (Lipinski definition) is 2. The smallest absolute Gasteiger partial charge is 0.321 e. The number of hydrogen-bond acceptors (Lipinski definition) is 6. The number of likely N-dealkylation sites (tertiary alicyclic amines) is 1. The third-order valence-corrected chi connectivity index (χ3v) is 5.11. The van der Waals surface area contributed by atoms with E-state index in [2.05, 4.69) is 0 Å². The summed E-state index contributed by atoms with van der Waals surface area (Å²) in [6.45, 7) is 0.559. The van der Waals surface area contributed by atoms with Crippen LogP contribution in [0.15, 0.2) is 0 Å². The van der Waals surface area contributed by atoms with Crippen molar-refractivity contribution in [3.8, 4) is 0 Å². The second kappa shape index (κ2) is 6.59. The van der Waals surface area contributed by atoms with E-state index in [0.717, 1.165) is 17.3 Å². The highest BCUT2D eigenvalue weighted by Gasteiger charge is 2.53. The molecule has 0 radical (unpaired) electrons. The fourth-order valence-corrected chi connectivity index (χ4v) is 3.90. The van der Waals surface area contributed by atoms with Crippen LogP contribution >= 0.6 is 0 Å². The number of rotatable bonds is 5. The van der Waals surface area contributed by atoms with Crippen LogP contribution in [0, 0.1) is 0 Å². The largest absolute Gasteiger partial charge is 0.759 e. The highest BCUT2D eigenvalue weighted by Crippen LogP contribution is 2.38. The fourth-order valence-electron chi connectivity index (χ4n) is 3.22. The predicted molar refractivity (Wildman–Crippen MR) is 76.8 cm³/mol. The van der Waals surface area contributed by atoms with E-state index in [4.69, 9.17) is 10.8 Å². The molecule has 0 aromatic rings. The Morgan fingerprint density at radius 3 is 2.68 bits per heavy atom. The van der Waals surface area contributed by atoms with Crippen molar-refractivity contribution in [1.82, 2.24) is 14.3 Å². The lowest BCUT2D eigenvalue weighted by molar-refractivity contribution is -0.151. The van der Waals surface area contributed by atoms with Crippen LogP contribution in [0.4, 0.5) is 0 Å². The van der Waals surface area contributed by atoms with E-state index in [1.807, 2.05) is 0 Å². The Balaban J connectivity index is 2.29. The summed E-state index contributed by atoms with van der Waals surface area (Å²) < 4.78 is 24.1. The molecular weight excluding hydrogens is 312 g/mol. The maximum atomic E-state index is 12.5. The van der Waals surface area contributed by atoms with Gasteiger partial charge in [-0.15, -0.1) is 0 Å². The predicted octanol–water partition coefficient (Wildman–Crippen LogP) is -1.50. The number of aliphatic carboxylic acids is 1. The second-order valence-corrected chi connectivity index (χ2v) is 6.64. The van der Waals surface area contributed by atoms with E-state index in [0.29, 0.717) is 25.9 Å². The summed E-state index contributed by atoms with van der Waals surface area (Å²) in [6, 6.07) is -1.34. The van der Waals surface area contributed by atoms with Gasteiger partial charge in [0.25, 0.3) is 0 Å². The summed E-state index contributed by atoms with van der Waals surface area (Å²) in [7, 11) is 1.69. The van der Waals surface area contributed by atoms with Gasteiger partial charge in [-0.2, -0.15) is 4.41 Å². The number of hydrazine groups is 1. The number of amides is 1.